The Morgan fingerprint density at radius 1 is 1.33 bits per heavy atom. The Hall–Kier alpha value is -0.470. The van der Waals surface area contributed by atoms with Gasteiger partial charge in [0.25, 0.3) is 0 Å². The minimum atomic E-state index is -3.45. The molecular formula is C14H22N2O3S2. The first-order valence-corrected chi connectivity index (χ1v) is 9.61. The van der Waals surface area contributed by atoms with Gasteiger partial charge in [-0.1, -0.05) is 0 Å². The van der Waals surface area contributed by atoms with Gasteiger partial charge in [-0.05, 0) is 39.3 Å². The minimum absolute atomic E-state index is 0.103. The van der Waals surface area contributed by atoms with Gasteiger partial charge in [-0.2, -0.15) is 4.31 Å². The highest BCUT2D eigenvalue weighted by molar-refractivity contribution is 7.89. The topological polar surface area (TPSA) is 60.9 Å². The van der Waals surface area contributed by atoms with Crippen molar-refractivity contribution in [2.45, 2.75) is 49.8 Å². The van der Waals surface area contributed by atoms with Crippen molar-refractivity contribution in [3.8, 4) is 0 Å². The number of aliphatic hydroxyl groups is 1. The van der Waals surface area contributed by atoms with Crippen LogP contribution in [-0.2, 0) is 16.6 Å². The number of rotatable bonds is 3. The third-order valence-corrected chi connectivity index (χ3v) is 7.96. The second-order valence-electron chi connectivity index (χ2n) is 5.99. The minimum Gasteiger partial charge on any atom is -0.391 e. The first-order valence-electron chi connectivity index (χ1n) is 7.35. The lowest BCUT2D eigenvalue weighted by Gasteiger charge is -2.25. The molecule has 7 heteroatoms. The Balaban J connectivity index is 1.89. The highest BCUT2D eigenvalue weighted by Gasteiger charge is 2.39. The highest BCUT2D eigenvalue weighted by Crippen LogP contribution is 2.33. The van der Waals surface area contributed by atoms with Crippen molar-refractivity contribution < 1.29 is 13.5 Å². The second kappa shape index (κ2) is 5.62. The molecule has 0 aliphatic carbocycles. The molecule has 0 saturated carbocycles. The molecule has 2 saturated heterocycles. The van der Waals surface area contributed by atoms with Crippen molar-refractivity contribution in [3.05, 3.63) is 15.8 Å². The van der Waals surface area contributed by atoms with Crippen LogP contribution in [-0.4, -0.2) is 55.0 Å². The van der Waals surface area contributed by atoms with E-state index < -0.39 is 10.0 Å². The highest BCUT2D eigenvalue weighted by atomic mass is 32.2. The van der Waals surface area contributed by atoms with Gasteiger partial charge in [0.1, 0.15) is 0 Å². The molecule has 2 fully saturated rings. The average molecular weight is 330 g/mol. The number of sulfonamides is 1. The van der Waals surface area contributed by atoms with Crippen LogP contribution in [0, 0.1) is 6.92 Å². The van der Waals surface area contributed by atoms with E-state index in [1.165, 1.54) is 17.8 Å². The lowest BCUT2D eigenvalue weighted by molar-refractivity contribution is 0.246. The molecule has 5 nitrogen and oxygen atoms in total. The zero-order valence-electron chi connectivity index (χ0n) is 12.4. The van der Waals surface area contributed by atoms with Crippen LogP contribution < -0.4 is 0 Å². The fourth-order valence-corrected chi connectivity index (χ4v) is 6.45. The molecule has 2 bridgehead atoms. The summed E-state index contributed by atoms with van der Waals surface area (Å²) in [5, 5.41) is 9.21. The monoisotopic (exact) mass is 330 g/mol. The lowest BCUT2D eigenvalue weighted by Crippen LogP contribution is -2.39. The summed E-state index contributed by atoms with van der Waals surface area (Å²) >= 11 is 1.36. The van der Waals surface area contributed by atoms with Crippen LogP contribution in [0.5, 0.6) is 0 Å². The Morgan fingerprint density at radius 2 is 2.05 bits per heavy atom. The first-order chi connectivity index (χ1) is 9.93. The van der Waals surface area contributed by atoms with Gasteiger partial charge in [0, 0.05) is 34.9 Å². The maximum Gasteiger partial charge on any atom is 0.244 e. The lowest BCUT2D eigenvalue weighted by atomic mass is 10.1. The van der Waals surface area contributed by atoms with E-state index in [9.17, 15) is 13.5 Å². The number of aliphatic hydroxyl groups excluding tert-OH is 1. The smallest absolute Gasteiger partial charge is 0.244 e. The molecule has 2 atom stereocenters. The number of likely N-dealkylation sites (N-methyl/N-ethyl adjacent to an activating group) is 1. The Labute approximate surface area is 130 Å². The summed E-state index contributed by atoms with van der Waals surface area (Å²) in [6, 6.07) is 2.48. The summed E-state index contributed by atoms with van der Waals surface area (Å²) in [5.74, 6) is 0. The van der Waals surface area contributed by atoms with Gasteiger partial charge in [0.15, 0.2) is 0 Å². The number of hydrogen-bond acceptors (Lipinski definition) is 5. The molecule has 118 valence electrons. The maximum absolute atomic E-state index is 12.9. The summed E-state index contributed by atoms with van der Waals surface area (Å²) < 4.78 is 27.5. The van der Waals surface area contributed by atoms with Gasteiger partial charge >= 0.3 is 0 Å². The van der Waals surface area contributed by atoms with E-state index in [1.54, 1.807) is 10.4 Å². The largest absolute Gasteiger partial charge is 0.391 e. The van der Waals surface area contributed by atoms with Crippen LogP contribution in [0.3, 0.4) is 0 Å². The molecule has 0 amide bonds. The van der Waals surface area contributed by atoms with Gasteiger partial charge in [0.05, 0.1) is 11.5 Å². The van der Waals surface area contributed by atoms with Crippen LogP contribution in [0.2, 0.25) is 0 Å². The summed E-state index contributed by atoms with van der Waals surface area (Å²) in [6.07, 6.45) is 3.17. The van der Waals surface area contributed by atoms with Crippen LogP contribution in [0.25, 0.3) is 0 Å². The van der Waals surface area contributed by atoms with E-state index in [1.807, 2.05) is 6.92 Å². The zero-order valence-corrected chi connectivity index (χ0v) is 14.1. The molecule has 1 aromatic heterocycles. The van der Waals surface area contributed by atoms with Gasteiger partial charge in [-0.25, -0.2) is 8.42 Å². The van der Waals surface area contributed by atoms with Crippen molar-refractivity contribution in [2.24, 2.45) is 0 Å². The number of aryl methyl sites for hydroxylation is 1. The fraction of sp³-hybridized carbons (Fsp3) is 0.714. The maximum atomic E-state index is 12.9. The summed E-state index contributed by atoms with van der Waals surface area (Å²) in [7, 11) is -1.34. The van der Waals surface area contributed by atoms with Crippen molar-refractivity contribution in [2.75, 3.05) is 20.1 Å². The number of fused-ring (bicyclic) bond motifs is 2. The van der Waals surface area contributed by atoms with Crippen molar-refractivity contribution in [1.82, 2.24) is 9.21 Å². The molecule has 2 unspecified atom stereocenters. The van der Waals surface area contributed by atoms with Gasteiger partial charge in [-0.15, -0.1) is 11.3 Å². The van der Waals surface area contributed by atoms with Crippen LogP contribution in [0.4, 0.5) is 0 Å². The Kier molecular flexibility index (Phi) is 4.13. The Bertz CT molecular complexity index is 626. The average Bonchev–Trinajstić information content (AvgIpc) is 2.90. The van der Waals surface area contributed by atoms with Crippen LogP contribution in [0.1, 0.15) is 29.0 Å². The van der Waals surface area contributed by atoms with Crippen molar-refractivity contribution in [3.63, 3.8) is 0 Å². The molecule has 1 aromatic rings. The molecular weight excluding hydrogens is 308 g/mol. The predicted octanol–water partition coefficient (Wildman–Crippen LogP) is 1.41. The predicted molar refractivity (Wildman–Crippen MR) is 82.9 cm³/mol. The Morgan fingerprint density at radius 3 is 2.71 bits per heavy atom. The van der Waals surface area contributed by atoms with E-state index >= 15 is 0 Å². The molecule has 21 heavy (non-hydrogen) atoms. The van der Waals surface area contributed by atoms with E-state index in [2.05, 4.69) is 11.9 Å². The number of hydrogen-bond donors (Lipinski definition) is 1. The van der Waals surface area contributed by atoms with E-state index in [-0.39, 0.29) is 6.61 Å². The zero-order chi connectivity index (χ0) is 15.2. The molecule has 0 radical (unpaired) electrons. The number of thiophene rings is 1. The standard InChI is InChI=1S/C14H22N2O3S2/c1-10-14(7-13(9-17)20-10)21(18,19)16-6-5-11-3-4-12(8-16)15(11)2/h7,11-12,17H,3-6,8-9H2,1-2H3. The van der Waals surface area contributed by atoms with Crippen molar-refractivity contribution >= 4 is 21.4 Å². The molecule has 0 spiro atoms. The SMILES string of the molecule is Cc1sc(CO)cc1S(=O)(=O)N1CCC2CCC(C1)N2C. The third kappa shape index (κ3) is 2.66. The molecule has 3 heterocycles. The second-order valence-corrected chi connectivity index (χ2v) is 9.24. The normalized spacial score (nSPS) is 28.0. The molecule has 1 N–H and O–H groups in total. The van der Waals surface area contributed by atoms with E-state index in [0.717, 1.165) is 17.7 Å². The van der Waals surface area contributed by atoms with E-state index in [4.69, 9.17) is 0 Å². The van der Waals surface area contributed by atoms with Crippen molar-refractivity contribution in [1.29, 1.82) is 0 Å². The quantitative estimate of drug-likeness (QED) is 0.910. The van der Waals surface area contributed by atoms with Gasteiger partial charge in [0.2, 0.25) is 10.0 Å². The molecule has 3 rings (SSSR count). The van der Waals surface area contributed by atoms with Gasteiger partial charge < -0.3 is 5.11 Å². The molecule has 0 aromatic carbocycles. The van der Waals surface area contributed by atoms with Crippen LogP contribution in [0.15, 0.2) is 11.0 Å². The van der Waals surface area contributed by atoms with Gasteiger partial charge in [-0.3, -0.25) is 4.90 Å². The number of nitrogens with zero attached hydrogens (tertiary/aromatic N) is 2. The summed E-state index contributed by atoms with van der Waals surface area (Å²) in [4.78, 5) is 4.19. The molecule has 2 aliphatic rings. The van der Waals surface area contributed by atoms with Crippen LogP contribution >= 0.6 is 11.3 Å². The third-order valence-electron chi connectivity index (χ3n) is 4.81. The van der Waals surface area contributed by atoms with E-state index in [0.29, 0.717) is 34.9 Å². The molecule has 2 aliphatic heterocycles. The first kappa shape index (κ1) is 15.4. The summed E-state index contributed by atoms with van der Waals surface area (Å²) in [5.41, 5.74) is 0. The summed E-state index contributed by atoms with van der Waals surface area (Å²) in [6.45, 7) is 2.89. The fourth-order valence-electron chi connectivity index (χ4n) is 3.49.